The molecule has 0 radical (unpaired) electrons. The standard InChI is InChI=1S/C15H13F4N/c1-9-5-4-7-11(13(9)16)14(20)10-6-2-3-8-12(10)15(17,18)19/h2-8,14H,20H2,1H3. The maximum atomic E-state index is 14.0. The molecule has 20 heavy (non-hydrogen) atoms. The zero-order valence-electron chi connectivity index (χ0n) is 10.7. The molecule has 1 unspecified atom stereocenters. The lowest BCUT2D eigenvalue weighted by Gasteiger charge is -2.19. The highest BCUT2D eigenvalue weighted by Gasteiger charge is 2.34. The van der Waals surface area contributed by atoms with Gasteiger partial charge in [0.2, 0.25) is 0 Å². The van der Waals surface area contributed by atoms with Crippen LogP contribution in [-0.4, -0.2) is 0 Å². The maximum absolute atomic E-state index is 14.0. The van der Waals surface area contributed by atoms with Crippen LogP contribution in [0.1, 0.15) is 28.3 Å². The Balaban J connectivity index is 2.55. The number of halogens is 4. The van der Waals surface area contributed by atoms with Crippen molar-refractivity contribution in [1.29, 1.82) is 0 Å². The maximum Gasteiger partial charge on any atom is 0.416 e. The predicted molar refractivity (Wildman–Crippen MR) is 68.6 cm³/mol. The van der Waals surface area contributed by atoms with E-state index < -0.39 is 23.6 Å². The molecule has 0 aliphatic heterocycles. The van der Waals surface area contributed by atoms with E-state index >= 15 is 0 Å². The van der Waals surface area contributed by atoms with Crippen LogP contribution in [0.5, 0.6) is 0 Å². The van der Waals surface area contributed by atoms with Crippen LogP contribution in [0.2, 0.25) is 0 Å². The molecule has 5 heteroatoms. The Bertz CT molecular complexity index is 620. The molecule has 0 fully saturated rings. The van der Waals surface area contributed by atoms with Gasteiger partial charge < -0.3 is 5.73 Å². The van der Waals surface area contributed by atoms with E-state index in [1.165, 1.54) is 24.3 Å². The van der Waals surface area contributed by atoms with Crippen LogP contribution in [0.15, 0.2) is 42.5 Å². The highest BCUT2D eigenvalue weighted by atomic mass is 19.4. The van der Waals surface area contributed by atoms with Gasteiger partial charge in [-0.1, -0.05) is 36.4 Å². The first-order valence-corrected chi connectivity index (χ1v) is 5.99. The van der Waals surface area contributed by atoms with Crippen molar-refractivity contribution in [2.75, 3.05) is 0 Å². The summed E-state index contributed by atoms with van der Waals surface area (Å²) in [6.45, 7) is 1.54. The lowest BCUT2D eigenvalue weighted by Crippen LogP contribution is -2.19. The molecule has 2 aromatic carbocycles. The van der Waals surface area contributed by atoms with Gasteiger partial charge in [0, 0.05) is 5.56 Å². The molecule has 0 heterocycles. The number of alkyl halides is 3. The Morgan fingerprint density at radius 3 is 2.20 bits per heavy atom. The fourth-order valence-corrected chi connectivity index (χ4v) is 2.10. The molecular weight excluding hydrogens is 270 g/mol. The van der Waals surface area contributed by atoms with E-state index in [-0.39, 0.29) is 11.1 Å². The van der Waals surface area contributed by atoms with E-state index in [0.29, 0.717) is 5.56 Å². The summed E-state index contributed by atoms with van der Waals surface area (Å²) < 4.78 is 52.9. The van der Waals surface area contributed by atoms with Gasteiger partial charge in [0.05, 0.1) is 11.6 Å². The summed E-state index contributed by atoms with van der Waals surface area (Å²) in [5.74, 6) is -0.572. The van der Waals surface area contributed by atoms with E-state index in [4.69, 9.17) is 5.73 Å². The number of benzene rings is 2. The minimum absolute atomic E-state index is 0.0571. The van der Waals surface area contributed by atoms with Gasteiger partial charge in [-0.25, -0.2) is 4.39 Å². The average molecular weight is 283 g/mol. The molecule has 0 spiro atoms. The first-order valence-electron chi connectivity index (χ1n) is 5.99. The highest BCUT2D eigenvalue weighted by Crippen LogP contribution is 2.36. The van der Waals surface area contributed by atoms with Gasteiger partial charge in [-0.15, -0.1) is 0 Å². The van der Waals surface area contributed by atoms with Crippen molar-refractivity contribution >= 4 is 0 Å². The molecule has 0 bridgehead atoms. The molecule has 0 aliphatic carbocycles. The van der Waals surface area contributed by atoms with Gasteiger partial charge in [0.15, 0.2) is 0 Å². The summed E-state index contributed by atoms with van der Waals surface area (Å²) in [7, 11) is 0. The fraction of sp³-hybridized carbons (Fsp3) is 0.200. The van der Waals surface area contributed by atoms with Gasteiger partial charge in [0.1, 0.15) is 5.82 Å². The number of nitrogens with two attached hydrogens (primary N) is 1. The molecule has 2 aromatic rings. The first kappa shape index (κ1) is 14.5. The molecule has 0 saturated carbocycles. The second kappa shape index (κ2) is 5.25. The predicted octanol–water partition coefficient (Wildman–Crippen LogP) is 4.20. The van der Waals surface area contributed by atoms with Crippen LogP contribution >= 0.6 is 0 Å². The monoisotopic (exact) mass is 283 g/mol. The van der Waals surface area contributed by atoms with E-state index in [1.54, 1.807) is 19.1 Å². The van der Waals surface area contributed by atoms with Crippen molar-refractivity contribution in [3.8, 4) is 0 Å². The SMILES string of the molecule is Cc1cccc(C(N)c2ccccc2C(F)(F)F)c1F. The van der Waals surface area contributed by atoms with Crippen LogP contribution < -0.4 is 5.73 Å². The van der Waals surface area contributed by atoms with Gasteiger partial charge in [-0.3, -0.25) is 0 Å². The summed E-state index contributed by atoms with van der Waals surface area (Å²) in [4.78, 5) is 0. The zero-order valence-corrected chi connectivity index (χ0v) is 10.7. The van der Waals surface area contributed by atoms with Gasteiger partial charge >= 0.3 is 6.18 Å². The molecule has 1 nitrogen and oxygen atoms in total. The third kappa shape index (κ3) is 2.67. The van der Waals surface area contributed by atoms with Crippen LogP contribution in [0.4, 0.5) is 17.6 Å². The Labute approximate surface area is 114 Å². The van der Waals surface area contributed by atoms with E-state index in [9.17, 15) is 17.6 Å². The second-order valence-corrected chi connectivity index (χ2v) is 4.54. The van der Waals surface area contributed by atoms with Gasteiger partial charge in [0.25, 0.3) is 0 Å². The zero-order chi connectivity index (χ0) is 14.9. The number of hydrogen-bond acceptors (Lipinski definition) is 1. The van der Waals surface area contributed by atoms with Crippen molar-refractivity contribution in [2.24, 2.45) is 5.73 Å². The van der Waals surface area contributed by atoms with Crippen molar-refractivity contribution in [2.45, 2.75) is 19.1 Å². The van der Waals surface area contributed by atoms with E-state index in [2.05, 4.69) is 0 Å². The Morgan fingerprint density at radius 2 is 1.55 bits per heavy atom. The molecule has 0 amide bonds. The summed E-state index contributed by atoms with van der Waals surface area (Å²) in [6, 6.07) is 8.32. The van der Waals surface area contributed by atoms with Gasteiger partial charge in [-0.2, -0.15) is 13.2 Å². The minimum Gasteiger partial charge on any atom is -0.320 e. The molecule has 0 aliphatic rings. The van der Waals surface area contributed by atoms with Crippen molar-refractivity contribution in [1.82, 2.24) is 0 Å². The summed E-state index contributed by atoms with van der Waals surface area (Å²) in [6.07, 6.45) is -4.52. The third-order valence-corrected chi connectivity index (χ3v) is 3.16. The molecular formula is C15H13F4N. The lowest BCUT2D eigenvalue weighted by molar-refractivity contribution is -0.138. The molecule has 0 aromatic heterocycles. The first-order chi connectivity index (χ1) is 9.32. The summed E-state index contributed by atoms with van der Waals surface area (Å²) in [5, 5.41) is 0. The number of aryl methyl sites for hydroxylation is 1. The Morgan fingerprint density at radius 1 is 0.950 bits per heavy atom. The van der Waals surface area contributed by atoms with Crippen LogP contribution in [-0.2, 0) is 6.18 Å². The number of hydrogen-bond donors (Lipinski definition) is 1. The quantitative estimate of drug-likeness (QED) is 0.821. The fourth-order valence-electron chi connectivity index (χ4n) is 2.10. The van der Waals surface area contributed by atoms with Crippen LogP contribution in [0, 0.1) is 12.7 Å². The highest BCUT2D eigenvalue weighted by molar-refractivity contribution is 5.40. The Kier molecular flexibility index (Phi) is 3.81. The van der Waals surface area contributed by atoms with Crippen molar-refractivity contribution in [3.05, 3.63) is 70.5 Å². The van der Waals surface area contributed by atoms with Crippen LogP contribution in [0.3, 0.4) is 0 Å². The smallest absolute Gasteiger partial charge is 0.320 e. The Hall–Kier alpha value is -1.88. The summed E-state index contributed by atoms with van der Waals surface area (Å²) in [5.41, 5.74) is 5.28. The van der Waals surface area contributed by atoms with Crippen molar-refractivity contribution in [3.63, 3.8) is 0 Å². The molecule has 1 atom stereocenters. The minimum atomic E-state index is -4.52. The van der Waals surface area contributed by atoms with E-state index in [1.807, 2.05) is 0 Å². The third-order valence-electron chi connectivity index (χ3n) is 3.16. The summed E-state index contributed by atoms with van der Waals surface area (Å²) >= 11 is 0. The van der Waals surface area contributed by atoms with E-state index in [0.717, 1.165) is 6.07 Å². The second-order valence-electron chi connectivity index (χ2n) is 4.54. The van der Waals surface area contributed by atoms with Crippen molar-refractivity contribution < 1.29 is 17.6 Å². The van der Waals surface area contributed by atoms with Crippen LogP contribution in [0.25, 0.3) is 0 Å². The topological polar surface area (TPSA) is 26.0 Å². The molecule has 0 saturated heterocycles. The molecule has 106 valence electrons. The normalized spacial score (nSPS) is 13.3. The molecule has 2 rings (SSSR count). The number of rotatable bonds is 2. The average Bonchev–Trinajstić information content (AvgIpc) is 2.40. The largest absolute Gasteiger partial charge is 0.416 e. The van der Waals surface area contributed by atoms with Gasteiger partial charge in [-0.05, 0) is 24.1 Å². The molecule has 2 N–H and O–H groups in total. The lowest BCUT2D eigenvalue weighted by atomic mass is 9.93.